The summed E-state index contributed by atoms with van der Waals surface area (Å²) in [7, 11) is 0. The molecule has 1 unspecified atom stereocenters. The van der Waals surface area contributed by atoms with Gasteiger partial charge in [0, 0.05) is 24.1 Å². The molecule has 4 nitrogen and oxygen atoms in total. The highest BCUT2D eigenvalue weighted by molar-refractivity contribution is 5.95. The summed E-state index contributed by atoms with van der Waals surface area (Å²) in [5.41, 5.74) is 2.46. The van der Waals surface area contributed by atoms with E-state index >= 15 is 0 Å². The molecule has 0 bridgehead atoms. The Balaban J connectivity index is 2.16. The number of benzene rings is 1. The van der Waals surface area contributed by atoms with Gasteiger partial charge in [0.25, 0.3) is 5.91 Å². The van der Waals surface area contributed by atoms with Crippen LogP contribution < -0.4 is 0 Å². The van der Waals surface area contributed by atoms with Crippen LogP contribution in [-0.2, 0) is 0 Å². The van der Waals surface area contributed by atoms with Gasteiger partial charge in [0.1, 0.15) is 0 Å². The minimum Gasteiger partial charge on any atom is -0.395 e. The van der Waals surface area contributed by atoms with Crippen LogP contribution in [0.15, 0.2) is 18.2 Å². The lowest BCUT2D eigenvalue weighted by atomic mass is 10.0. The lowest BCUT2D eigenvalue weighted by Crippen LogP contribution is -2.37. The highest BCUT2D eigenvalue weighted by atomic mass is 16.3. The molecule has 0 radical (unpaired) electrons. The summed E-state index contributed by atoms with van der Waals surface area (Å²) in [6, 6.07) is 5.42. The fourth-order valence-electron chi connectivity index (χ4n) is 2.61. The second-order valence-corrected chi connectivity index (χ2v) is 5.28. The van der Waals surface area contributed by atoms with Crippen LogP contribution in [0.1, 0.15) is 40.7 Å². The van der Waals surface area contributed by atoms with Crippen LogP contribution in [0.5, 0.6) is 0 Å². The summed E-state index contributed by atoms with van der Waals surface area (Å²) in [5.74, 6) is 5.85. The average Bonchev–Trinajstić information content (AvgIpc) is 2.96. The molecule has 1 aliphatic rings. The molecule has 1 atom stereocenters. The third-order valence-corrected chi connectivity index (χ3v) is 3.78. The fraction of sp³-hybridized carbons (Fsp3) is 0.471. The quantitative estimate of drug-likeness (QED) is 0.824. The van der Waals surface area contributed by atoms with E-state index in [2.05, 4.69) is 11.8 Å². The van der Waals surface area contributed by atoms with Gasteiger partial charge in [0.2, 0.25) is 0 Å². The average molecular weight is 287 g/mol. The first-order chi connectivity index (χ1) is 10.2. The highest BCUT2D eigenvalue weighted by Gasteiger charge is 2.28. The molecule has 1 aliphatic heterocycles. The van der Waals surface area contributed by atoms with E-state index in [1.807, 2.05) is 19.1 Å². The molecule has 0 saturated carbocycles. The van der Waals surface area contributed by atoms with Crippen LogP contribution in [0, 0.1) is 18.8 Å². The number of aryl methyl sites for hydroxylation is 1. The van der Waals surface area contributed by atoms with E-state index < -0.39 is 0 Å². The Bertz CT molecular complexity index is 571. The number of rotatable bonds is 3. The first-order valence-corrected chi connectivity index (χ1v) is 7.29. The number of hydrogen-bond donors (Lipinski definition) is 2. The Morgan fingerprint density at radius 1 is 1.43 bits per heavy atom. The molecule has 0 aliphatic carbocycles. The second kappa shape index (κ2) is 7.26. The van der Waals surface area contributed by atoms with Crippen molar-refractivity contribution < 1.29 is 15.0 Å². The third kappa shape index (κ3) is 3.63. The van der Waals surface area contributed by atoms with Crippen molar-refractivity contribution in [3.8, 4) is 11.8 Å². The molecular formula is C17H21NO3. The monoisotopic (exact) mass is 287 g/mol. The van der Waals surface area contributed by atoms with Crippen molar-refractivity contribution >= 4 is 5.91 Å². The largest absolute Gasteiger partial charge is 0.395 e. The van der Waals surface area contributed by atoms with Crippen molar-refractivity contribution in [1.29, 1.82) is 0 Å². The van der Waals surface area contributed by atoms with E-state index in [9.17, 15) is 9.90 Å². The van der Waals surface area contributed by atoms with Gasteiger partial charge < -0.3 is 15.1 Å². The van der Waals surface area contributed by atoms with Crippen LogP contribution in [-0.4, -0.2) is 46.8 Å². The number of amides is 1. The SMILES string of the molecule is Cc1cc(C(=O)N2CCCC2CO)ccc1C#CCCO. The number of likely N-dealkylation sites (tertiary alicyclic amines) is 1. The number of carbonyl (C=O) groups is 1. The Labute approximate surface area is 125 Å². The van der Waals surface area contributed by atoms with Crippen LogP contribution in [0.4, 0.5) is 0 Å². The van der Waals surface area contributed by atoms with Crippen molar-refractivity contribution in [3.63, 3.8) is 0 Å². The van der Waals surface area contributed by atoms with Crippen molar-refractivity contribution in [2.45, 2.75) is 32.2 Å². The molecule has 1 heterocycles. The molecule has 112 valence electrons. The predicted octanol–water partition coefficient (Wildman–Crippen LogP) is 1.33. The molecule has 1 fully saturated rings. The van der Waals surface area contributed by atoms with Gasteiger partial charge in [0.15, 0.2) is 0 Å². The Morgan fingerprint density at radius 3 is 2.90 bits per heavy atom. The zero-order valence-corrected chi connectivity index (χ0v) is 12.3. The normalized spacial score (nSPS) is 17.5. The smallest absolute Gasteiger partial charge is 0.254 e. The summed E-state index contributed by atoms with van der Waals surface area (Å²) in [6.45, 7) is 2.71. The lowest BCUT2D eigenvalue weighted by Gasteiger charge is -2.23. The standard InChI is InChI=1S/C17H21NO3/c1-13-11-15(8-7-14(13)5-2-3-10-19)17(21)18-9-4-6-16(18)12-20/h7-8,11,16,19-20H,3-4,6,9-10,12H2,1H3. The van der Waals surface area contributed by atoms with Crippen LogP contribution in [0.25, 0.3) is 0 Å². The summed E-state index contributed by atoms with van der Waals surface area (Å²) in [5, 5.41) is 18.0. The summed E-state index contributed by atoms with van der Waals surface area (Å²) < 4.78 is 0. The maximum atomic E-state index is 12.5. The van der Waals surface area contributed by atoms with Crippen LogP contribution in [0.2, 0.25) is 0 Å². The zero-order valence-electron chi connectivity index (χ0n) is 12.3. The van der Waals surface area contributed by atoms with Crippen molar-refractivity contribution in [2.75, 3.05) is 19.8 Å². The maximum Gasteiger partial charge on any atom is 0.254 e. The summed E-state index contributed by atoms with van der Waals surface area (Å²) >= 11 is 0. The highest BCUT2D eigenvalue weighted by Crippen LogP contribution is 2.21. The van der Waals surface area contributed by atoms with Gasteiger partial charge >= 0.3 is 0 Å². The number of aliphatic hydroxyl groups excluding tert-OH is 2. The molecule has 0 aromatic heterocycles. The van der Waals surface area contributed by atoms with Gasteiger partial charge in [-0.05, 0) is 43.5 Å². The minimum atomic E-state index is -0.0539. The van der Waals surface area contributed by atoms with Crippen molar-refractivity contribution in [2.24, 2.45) is 0 Å². The fourth-order valence-corrected chi connectivity index (χ4v) is 2.61. The number of nitrogens with zero attached hydrogens (tertiary/aromatic N) is 1. The van der Waals surface area contributed by atoms with Crippen molar-refractivity contribution in [1.82, 2.24) is 4.90 Å². The molecule has 2 rings (SSSR count). The zero-order chi connectivity index (χ0) is 15.2. The van der Waals surface area contributed by atoms with Gasteiger partial charge in [-0.1, -0.05) is 11.8 Å². The molecule has 1 saturated heterocycles. The van der Waals surface area contributed by atoms with Gasteiger partial charge in [-0.2, -0.15) is 0 Å². The topological polar surface area (TPSA) is 60.8 Å². The van der Waals surface area contributed by atoms with Gasteiger partial charge in [-0.3, -0.25) is 4.79 Å². The molecule has 4 heteroatoms. The summed E-state index contributed by atoms with van der Waals surface area (Å²) in [4.78, 5) is 14.2. The van der Waals surface area contributed by atoms with E-state index in [0.29, 0.717) is 18.5 Å². The van der Waals surface area contributed by atoms with Crippen LogP contribution >= 0.6 is 0 Å². The number of hydrogen-bond acceptors (Lipinski definition) is 3. The van der Waals surface area contributed by atoms with Crippen molar-refractivity contribution in [3.05, 3.63) is 34.9 Å². The van der Waals surface area contributed by atoms with Gasteiger partial charge in [0.05, 0.1) is 19.3 Å². The molecule has 1 aromatic carbocycles. The van der Waals surface area contributed by atoms with E-state index in [1.54, 1.807) is 11.0 Å². The van der Waals surface area contributed by atoms with E-state index in [-0.39, 0.29) is 25.2 Å². The second-order valence-electron chi connectivity index (χ2n) is 5.28. The molecule has 21 heavy (non-hydrogen) atoms. The Morgan fingerprint density at radius 2 is 2.24 bits per heavy atom. The first-order valence-electron chi connectivity index (χ1n) is 7.29. The number of carbonyl (C=O) groups excluding carboxylic acids is 1. The van der Waals surface area contributed by atoms with Gasteiger partial charge in [-0.15, -0.1) is 0 Å². The minimum absolute atomic E-state index is 0.0233. The predicted molar refractivity (Wildman–Crippen MR) is 80.9 cm³/mol. The Kier molecular flexibility index (Phi) is 5.38. The van der Waals surface area contributed by atoms with E-state index in [1.165, 1.54) is 0 Å². The molecule has 1 amide bonds. The van der Waals surface area contributed by atoms with E-state index in [4.69, 9.17) is 5.11 Å². The molecule has 0 spiro atoms. The first kappa shape index (κ1) is 15.6. The Hall–Kier alpha value is -1.83. The molecule has 2 N–H and O–H groups in total. The summed E-state index contributed by atoms with van der Waals surface area (Å²) in [6.07, 6.45) is 2.26. The molecule has 1 aromatic rings. The maximum absolute atomic E-state index is 12.5. The molecular weight excluding hydrogens is 266 g/mol. The number of aliphatic hydroxyl groups is 2. The third-order valence-electron chi connectivity index (χ3n) is 3.78. The van der Waals surface area contributed by atoms with Gasteiger partial charge in [-0.25, -0.2) is 0 Å². The van der Waals surface area contributed by atoms with E-state index in [0.717, 1.165) is 24.0 Å². The lowest BCUT2D eigenvalue weighted by molar-refractivity contribution is 0.0677. The van der Waals surface area contributed by atoms with Crippen LogP contribution in [0.3, 0.4) is 0 Å².